The van der Waals surface area contributed by atoms with Crippen LogP contribution >= 0.6 is 0 Å². The van der Waals surface area contributed by atoms with Crippen LogP contribution in [0.25, 0.3) is 0 Å². The third kappa shape index (κ3) is 1.40. The molecule has 1 N–H and O–H groups in total. The monoisotopic (exact) mass is 281 g/mol. The molecule has 0 fully saturated rings. The van der Waals surface area contributed by atoms with Gasteiger partial charge in [0.05, 0.1) is 0 Å². The fourth-order valence-corrected chi connectivity index (χ4v) is 4.15. The number of ketones is 1. The smallest absolute Gasteiger partial charge is 0.231 e. The third-order valence-corrected chi connectivity index (χ3v) is 5.02. The number of hydrogen-bond donors (Lipinski definition) is 1. The molecule has 0 saturated heterocycles. The van der Waals surface area contributed by atoms with E-state index >= 15 is 0 Å². The molecule has 0 amide bonds. The van der Waals surface area contributed by atoms with Gasteiger partial charge < -0.3 is 14.8 Å². The summed E-state index contributed by atoms with van der Waals surface area (Å²) in [6.45, 7) is 1.27. The average molecular weight is 281 g/mol. The predicted molar refractivity (Wildman–Crippen MR) is 76.6 cm³/mol. The van der Waals surface area contributed by atoms with Crippen LogP contribution < -0.4 is 14.8 Å². The molecule has 0 aromatic heterocycles. The number of carbonyl (C=O) groups is 1. The van der Waals surface area contributed by atoms with Gasteiger partial charge in [0, 0.05) is 17.0 Å². The normalized spacial score (nSPS) is 26.5. The van der Waals surface area contributed by atoms with E-state index in [1.54, 1.807) is 12.2 Å². The standard InChI is InChI=1S/C17H15NO3/c19-11-1-4-17(5-2-11)8-12-14-10(3-6-18-12)7-13-16(15(14)17)21-9-20-13/h1-2,4-5,7,12,18H,3,6,8-9H2. The van der Waals surface area contributed by atoms with E-state index in [1.807, 2.05) is 12.2 Å². The van der Waals surface area contributed by atoms with E-state index in [0.717, 1.165) is 30.9 Å². The molecule has 2 aliphatic heterocycles. The largest absolute Gasteiger partial charge is 0.454 e. The molecular weight excluding hydrogens is 266 g/mol. The predicted octanol–water partition coefficient (Wildman–Crippen LogP) is 1.94. The summed E-state index contributed by atoms with van der Waals surface area (Å²) in [5.74, 6) is 1.77. The van der Waals surface area contributed by atoms with Gasteiger partial charge in [0.15, 0.2) is 17.3 Å². The van der Waals surface area contributed by atoms with Crippen LogP contribution in [0.15, 0.2) is 30.4 Å². The fourth-order valence-electron chi connectivity index (χ4n) is 4.15. The highest BCUT2D eigenvalue weighted by molar-refractivity contribution is 6.01. The molecule has 4 heteroatoms. The van der Waals surface area contributed by atoms with Crippen molar-refractivity contribution < 1.29 is 14.3 Å². The van der Waals surface area contributed by atoms with E-state index in [9.17, 15) is 4.79 Å². The summed E-state index contributed by atoms with van der Waals surface area (Å²) < 4.78 is 11.4. The Labute approximate surface area is 122 Å². The zero-order valence-electron chi connectivity index (χ0n) is 11.5. The first-order chi connectivity index (χ1) is 10.3. The Morgan fingerprint density at radius 1 is 1.24 bits per heavy atom. The molecule has 5 rings (SSSR count). The van der Waals surface area contributed by atoms with Gasteiger partial charge in [0.2, 0.25) is 6.79 Å². The highest BCUT2D eigenvalue weighted by Crippen LogP contribution is 2.57. The van der Waals surface area contributed by atoms with Crippen molar-refractivity contribution in [2.75, 3.05) is 13.3 Å². The van der Waals surface area contributed by atoms with Crippen LogP contribution in [0.3, 0.4) is 0 Å². The number of fused-ring (bicyclic) bond motifs is 3. The molecule has 0 radical (unpaired) electrons. The maximum atomic E-state index is 11.5. The molecule has 2 aliphatic carbocycles. The van der Waals surface area contributed by atoms with Gasteiger partial charge in [-0.15, -0.1) is 0 Å². The van der Waals surface area contributed by atoms with Crippen molar-refractivity contribution >= 4 is 5.78 Å². The molecule has 2 heterocycles. The van der Waals surface area contributed by atoms with E-state index < -0.39 is 0 Å². The first kappa shape index (κ1) is 11.6. The van der Waals surface area contributed by atoms with Gasteiger partial charge in [-0.3, -0.25) is 4.79 Å². The summed E-state index contributed by atoms with van der Waals surface area (Å²) in [6, 6.07) is 2.47. The van der Waals surface area contributed by atoms with Crippen molar-refractivity contribution in [3.63, 3.8) is 0 Å². The Morgan fingerprint density at radius 3 is 2.95 bits per heavy atom. The van der Waals surface area contributed by atoms with E-state index in [-0.39, 0.29) is 18.0 Å². The Hall–Kier alpha value is -2.07. The van der Waals surface area contributed by atoms with Crippen LogP contribution in [0.1, 0.15) is 29.2 Å². The molecule has 106 valence electrons. The van der Waals surface area contributed by atoms with Crippen molar-refractivity contribution in [3.8, 4) is 11.5 Å². The Bertz CT molecular complexity index is 716. The molecule has 1 atom stereocenters. The Kier molecular flexibility index (Phi) is 2.08. The van der Waals surface area contributed by atoms with E-state index in [0.29, 0.717) is 6.04 Å². The summed E-state index contributed by atoms with van der Waals surface area (Å²) in [4.78, 5) is 11.5. The van der Waals surface area contributed by atoms with E-state index in [4.69, 9.17) is 9.47 Å². The van der Waals surface area contributed by atoms with Gasteiger partial charge in [-0.1, -0.05) is 12.2 Å². The van der Waals surface area contributed by atoms with Gasteiger partial charge in [-0.05, 0) is 48.7 Å². The lowest BCUT2D eigenvalue weighted by molar-refractivity contribution is -0.110. The molecule has 4 nitrogen and oxygen atoms in total. The average Bonchev–Trinajstić information content (AvgIpc) is 3.07. The van der Waals surface area contributed by atoms with Gasteiger partial charge in [0.1, 0.15) is 0 Å². The van der Waals surface area contributed by atoms with Gasteiger partial charge >= 0.3 is 0 Å². The molecule has 0 saturated carbocycles. The van der Waals surface area contributed by atoms with E-state index in [2.05, 4.69) is 11.4 Å². The molecule has 4 aliphatic rings. The zero-order chi connectivity index (χ0) is 14.0. The lowest BCUT2D eigenvalue weighted by atomic mass is 9.77. The number of ether oxygens (including phenoxy) is 2. The number of nitrogens with one attached hydrogen (secondary N) is 1. The Morgan fingerprint density at radius 2 is 2.10 bits per heavy atom. The number of allylic oxidation sites excluding steroid dienone is 4. The molecule has 1 spiro atoms. The van der Waals surface area contributed by atoms with Crippen molar-refractivity contribution in [3.05, 3.63) is 47.1 Å². The third-order valence-electron chi connectivity index (χ3n) is 5.02. The van der Waals surface area contributed by atoms with E-state index in [1.165, 1.54) is 16.7 Å². The maximum Gasteiger partial charge on any atom is 0.231 e. The minimum Gasteiger partial charge on any atom is -0.454 e. The number of hydrogen-bond acceptors (Lipinski definition) is 4. The number of benzene rings is 1. The van der Waals surface area contributed by atoms with Crippen molar-refractivity contribution in [1.82, 2.24) is 5.32 Å². The molecule has 21 heavy (non-hydrogen) atoms. The molecule has 1 aromatic rings. The lowest BCUT2D eigenvalue weighted by Crippen LogP contribution is -2.28. The van der Waals surface area contributed by atoms with Crippen LogP contribution in [0.5, 0.6) is 11.5 Å². The minimum atomic E-state index is -0.237. The second-order valence-corrected chi connectivity index (χ2v) is 6.13. The van der Waals surface area contributed by atoms with Crippen molar-refractivity contribution in [2.24, 2.45) is 0 Å². The topological polar surface area (TPSA) is 47.6 Å². The minimum absolute atomic E-state index is 0.0541. The summed E-state index contributed by atoms with van der Waals surface area (Å²) in [6.07, 6.45) is 9.38. The SMILES string of the molecule is O=C1C=CC2(C=C1)CC1NCCc3cc4c(c2c31)OCO4. The first-order valence-electron chi connectivity index (χ1n) is 7.38. The number of carbonyl (C=O) groups excluding carboxylic acids is 1. The summed E-state index contributed by atoms with van der Waals surface area (Å²) in [5, 5.41) is 3.60. The zero-order valence-corrected chi connectivity index (χ0v) is 11.5. The molecule has 1 aromatic carbocycles. The van der Waals surface area contributed by atoms with Crippen molar-refractivity contribution in [2.45, 2.75) is 24.3 Å². The van der Waals surface area contributed by atoms with Crippen LogP contribution in [-0.4, -0.2) is 19.1 Å². The van der Waals surface area contributed by atoms with Gasteiger partial charge in [-0.25, -0.2) is 0 Å². The maximum absolute atomic E-state index is 11.5. The first-order valence-corrected chi connectivity index (χ1v) is 7.38. The van der Waals surface area contributed by atoms with Crippen LogP contribution in [0.2, 0.25) is 0 Å². The second-order valence-electron chi connectivity index (χ2n) is 6.13. The summed E-state index contributed by atoms with van der Waals surface area (Å²) in [7, 11) is 0. The lowest BCUT2D eigenvalue weighted by Gasteiger charge is -2.26. The van der Waals surface area contributed by atoms with Crippen LogP contribution in [-0.2, 0) is 16.6 Å². The molecule has 0 bridgehead atoms. The van der Waals surface area contributed by atoms with Crippen LogP contribution in [0, 0.1) is 0 Å². The molecular formula is C17H15NO3. The van der Waals surface area contributed by atoms with Gasteiger partial charge in [-0.2, -0.15) is 0 Å². The quantitative estimate of drug-likeness (QED) is 0.789. The Balaban J connectivity index is 1.82. The highest BCUT2D eigenvalue weighted by Gasteiger charge is 2.47. The second kappa shape index (κ2) is 3.77. The van der Waals surface area contributed by atoms with Crippen molar-refractivity contribution in [1.29, 1.82) is 0 Å². The molecule has 1 unspecified atom stereocenters. The van der Waals surface area contributed by atoms with Crippen LogP contribution in [0.4, 0.5) is 0 Å². The fraction of sp³-hybridized carbons (Fsp3) is 0.353. The summed E-state index contributed by atoms with van der Waals surface area (Å²) >= 11 is 0. The highest BCUT2D eigenvalue weighted by atomic mass is 16.7. The summed E-state index contributed by atoms with van der Waals surface area (Å²) in [5.41, 5.74) is 3.67. The number of rotatable bonds is 0. The van der Waals surface area contributed by atoms with Gasteiger partial charge in [0.25, 0.3) is 0 Å².